The number of hydrogen-bond donors (Lipinski definition) is 2. The number of fused-ring (bicyclic) bond motifs is 1. The average Bonchev–Trinajstić information content (AvgIpc) is 2.78. The van der Waals surface area contributed by atoms with Gasteiger partial charge in [-0.25, -0.2) is 23.1 Å². The van der Waals surface area contributed by atoms with Crippen LogP contribution in [0.15, 0.2) is 95.0 Å². The van der Waals surface area contributed by atoms with Crippen LogP contribution in [0.3, 0.4) is 0 Å². The minimum atomic E-state index is -3.81. The summed E-state index contributed by atoms with van der Waals surface area (Å²) in [4.78, 5) is 21.0. The Morgan fingerprint density at radius 1 is 0.871 bits per heavy atom. The zero-order chi connectivity index (χ0) is 21.7. The van der Waals surface area contributed by atoms with Gasteiger partial charge in [-0.3, -0.25) is 4.79 Å². The van der Waals surface area contributed by atoms with Crippen LogP contribution in [-0.4, -0.2) is 30.0 Å². The van der Waals surface area contributed by atoms with Gasteiger partial charge in [-0.05, 0) is 53.2 Å². The minimum absolute atomic E-state index is 0.00871. The molecule has 156 valence electrons. The van der Waals surface area contributed by atoms with E-state index >= 15 is 0 Å². The topological polar surface area (TPSA) is 101 Å². The number of anilines is 2. The van der Waals surface area contributed by atoms with Crippen LogP contribution in [0.4, 0.5) is 11.6 Å². The lowest BCUT2D eigenvalue weighted by atomic mass is 10.1. The van der Waals surface area contributed by atoms with Crippen LogP contribution < -0.4 is 10.0 Å². The molecule has 0 atom stereocenters. The summed E-state index contributed by atoms with van der Waals surface area (Å²) in [6, 6.07) is 21.6. The number of aromatic nitrogens is 2. The van der Waals surface area contributed by atoms with Gasteiger partial charge in [-0.15, -0.1) is 11.8 Å². The maximum atomic E-state index is 12.4. The van der Waals surface area contributed by atoms with Crippen molar-refractivity contribution < 1.29 is 13.2 Å². The fourth-order valence-corrected chi connectivity index (χ4v) is 4.55. The van der Waals surface area contributed by atoms with Gasteiger partial charge in [0.15, 0.2) is 0 Å². The number of carbonyl (C=O) groups excluding carboxylic acids is 1. The lowest BCUT2D eigenvalue weighted by Gasteiger charge is -2.09. The Bertz CT molecular complexity index is 1310. The summed E-state index contributed by atoms with van der Waals surface area (Å²) in [7, 11) is -3.81. The van der Waals surface area contributed by atoms with Gasteiger partial charge in [0.2, 0.25) is 11.9 Å². The van der Waals surface area contributed by atoms with Gasteiger partial charge in [-0.1, -0.05) is 30.3 Å². The fourth-order valence-electron chi connectivity index (χ4n) is 2.85. The molecule has 0 radical (unpaired) electrons. The molecule has 0 spiro atoms. The van der Waals surface area contributed by atoms with Crippen molar-refractivity contribution in [2.75, 3.05) is 15.8 Å². The van der Waals surface area contributed by atoms with Crippen molar-refractivity contribution in [3.8, 4) is 0 Å². The molecule has 9 heteroatoms. The first-order valence-electron chi connectivity index (χ1n) is 9.31. The van der Waals surface area contributed by atoms with E-state index in [9.17, 15) is 13.2 Å². The fraction of sp³-hybridized carbons (Fsp3) is 0.0455. The molecule has 1 heterocycles. The summed E-state index contributed by atoms with van der Waals surface area (Å²) in [5.41, 5.74) is 0.513. The van der Waals surface area contributed by atoms with Gasteiger partial charge in [0.05, 0.1) is 10.6 Å². The van der Waals surface area contributed by atoms with Crippen molar-refractivity contribution in [2.45, 2.75) is 9.79 Å². The average molecular weight is 451 g/mol. The number of thioether (sulfide) groups is 1. The molecule has 4 aromatic rings. The highest BCUT2D eigenvalue weighted by Crippen LogP contribution is 2.24. The molecule has 31 heavy (non-hydrogen) atoms. The van der Waals surface area contributed by atoms with E-state index in [1.165, 1.54) is 36.3 Å². The third-order valence-electron chi connectivity index (χ3n) is 4.33. The van der Waals surface area contributed by atoms with E-state index in [2.05, 4.69) is 26.1 Å². The van der Waals surface area contributed by atoms with E-state index in [4.69, 9.17) is 0 Å². The molecule has 0 aliphatic heterocycles. The number of carbonyl (C=O) groups is 1. The quantitative estimate of drug-likeness (QED) is 0.410. The second-order valence-corrected chi connectivity index (χ2v) is 9.28. The number of nitrogens with one attached hydrogen (secondary N) is 2. The SMILES string of the molecule is O=C(CSc1ccc2ccccc2c1)Nc1ccc(S(=O)(=O)Nc2ncccn2)cc1. The molecule has 0 saturated heterocycles. The van der Waals surface area contributed by atoms with Crippen LogP contribution in [0.1, 0.15) is 0 Å². The van der Waals surface area contributed by atoms with Crippen molar-refractivity contribution in [1.82, 2.24) is 9.97 Å². The van der Waals surface area contributed by atoms with E-state index in [0.29, 0.717) is 5.69 Å². The molecule has 0 bridgehead atoms. The van der Waals surface area contributed by atoms with Gasteiger partial charge in [-0.2, -0.15) is 0 Å². The van der Waals surface area contributed by atoms with Gasteiger partial charge in [0.1, 0.15) is 0 Å². The number of sulfonamides is 1. The maximum absolute atomic E-state index is 12.4. The van der Waals surface area contributed by atoms with Gasteiger partial charge in [0.25, 0.3) is 10.0 Å². The Morgan fingerprint density at radius 2 is 1.58 bits per heavy atom. The standard InChI is InChI=1S/C22H18N4O3S2/c27-21(15-30-19-9-6-16-4-1-2-5-17(16)14-19)25-18-7-10-20(11-8-18)31(28,29)26-22-23-12-3-13-24-22/h1-14H,15H2,(H,25,27)(H,23,24,26). The molecule has 0 aliphatic carbocycles. The summed E-state index contributed by atoms with van der Waals surface area (Å²) < 4.78 is 27.1. The first kappa shape index (κ1) is 20.8. The Labute approximate surface area is 184 Å². The van der Waals surface area contributed by atoms with Gasteiger partial charge >= 0.3 is 0 Å². The lowest BCUT2D eigenvalue weighted by molar-refractivity contribution is -0.113. The van der Waals surface area contributed by atoms with E-state index in [1.54, 1.807) is 18.2 Å². The largest absolute Gasteiger partial charge is 0.325 e. The monoisotopic (exact) mass is 450 g/mol. The summed E-state index contributed by atoms with van der Waals surface area (Å²) >= 11 is 1.44. The zero-order valence-corrected chi connectivity index (χ0v) is 17.9. The normalized spacial score (nSPS) is 11.2. The highest BCUT2D eigenvalue weighted by Gasteiger charge is 2.15. The first-order chi connectivity index (χ1) is 15.0. The van der Waals surface area contributed by atoms with E-state index in [1.807, 2.05) is 36.4 Å². The van der Waals surface area contributed by atoms with Crippen LogP contribution in [-0.2, 0) is 14.8 Å². The highest BCUT2D eigenvalue weighted by atomic mass is 32.2. The van der Waals surface area contributed by atoms with Crippen LogP contribution >= 0.6 is 11.8 Å². The second kappa shape index (κ2) is 9.15. The molecular weight excluding hydrogens is 432 g/mol. The van der Waals surface area contributed by atoms with Gasteiger partial charge < -0.3 is 5.32 Å². The molecule has 0 aliphatic rings. The van der Waals surface area contributed by atoms with Crippen molar-refractivity contribution in [3.05, 3.63) is 85.2 Å². The summed E-state index contributed by atoms with van der Waals surface area (Å²) in [5, 5.41) is 5.05. The molecule has 0 saturated carbocycles. The van der Waals surface area contributed by atoms with Crippen LogP contribution in [0.5, 0.6) is 0 Å². The van der Waals surface area contributed by atoms with Crippen LogP contribution in [0.25, 0.3) is 10.8 Å². The van der Waals surface area contributed by atoms with E-state index in [0.717, 1.165) is 15.7 Å². The molecule has 3 aromatic carbocycles. The Hall–Kier alpha value is -3.43. The van der Waals surface area contributed by atoms with Crippen molar-refractivity contribution >= 4 is 50.1 Å². The molecule has 0 fully saturated rings. The second-order valence-electron chi connectivity index (χ2n) is 6.55. The zero-order valence-electron chi connectivity index (χ0n) is 16.2. The molecule has 1 aromatic heterocycles. The van der Waals surface area contributed by atoms with E-state index in [-0.39, 0.29) is 22.5 Å². The number of hydrogen-bond acceptors (Lipinski definition) is 6. The summed E-state index contributed by atoms with van der Waals surface area (Å²) in [5.74, 6) is 0.0563. The number of nitrogens with zero attached hydrogens (tertiary/aromatic N) is 2. The molecule has 7 nitrogen and oxygen atoms in total. The van der Waals surface area contributed by atoms with Gasteiger partial charge in [0, 0.05) is 23.0 Å². The predicted molar refractivity (Wildman–Crippen MR) is 123 cm³/mol. The first-order valence-corrected chi connectivity index (χ1v) is 11.8. The number of rotatable bonds is 7. The predicted octanol–water partition coefficient (Wildman–Crippen LogP) is 4.16. The van der Waals surface area contributed by atoms with Crippen LogP contribution in [0, 0.1) is 0 Å². The Balaban J connectivity index is 1.35. The third-order valence-corrected chi connectivity index (χ3v) is 6.67. The summed E-state index contributed by atoms with van der Waals surface area (Å²) in [6.07, 6.45) is 2.89. The van der Waals surface area contributed by atoms with Crippen molar-refractivity contribution in [2.24, 2.45) is 0 Å². The molecule has 4 rings (SSSR count). The van der Waals surface area contributed by atoms with Crippen molar-refractivity contribution in [1.29, 1.82) is 0 Å². The Kier molecular flexibility index (Phi) is 6.15. The number of amides is 1. The lowest BCUT2D eigenvalue weighted by Crippen LogP contribution is -2.16. The third kappa shape index (κ3) is 5.39. The highest BCUT2D eigenvalue weighted by molar-refractivity contribution is 8.00. The van der Waals surface area contributed by atoms with Crippen LogP contribution in [0.2, 0.25) is 0 Å². The number of benzene rings is 3. The smallest absolute Gasteiger partial charge is 0.264 e. The molecular formula is C22H18N4O3S2. The van der Waals surface area contributed by atoms with Crippen molar-refractivity contribution in [3.63, 3.8) is 0 Å². The van der Waals surface area contributed by atoms with E-state index < -0.39 is 10.0 Å². The minimum Gasteiger partial charge on any atom is -0.325 e. The molecule has 0 unspecified atom stereocenters. The molecule has 2 N–H and O–H groups in total. The molecule has 1 amide bonds. The summed E-state index contributed by atoms with van der Waals surface area (Å²) in [6.45, 7) is 0. The Morgan fingerprint density at radius 3 is 2.32 bits per heavy atom. The maximum Gasteiger partial charge on any atom is 0.264 e.